The monoisotopic (exact) mass is 442 g/mol. The fourth-order valence-electron chi connectivity index (χ4n) is 3.40. The molecule has 0 saturated carbocycles. The third-order valence-corrected chi connectivity index (χ3v) is 6.86. The Morgan fingerprint density at radius 3 is 2.40 bits per heavy atom. The molecule has 0 spiro atoms. The number of halogens is 2. The van der Waals surface area contributed by atoms with Crippen molar-refractivity contribution in [1.82, 2.24) is 0 Å². The first-order chi connectivity index (χ1) is 14.4. The molecule has 0 saturated heterocycles. The molecule has 1 heterocycles. The van der Waals surface area contributed by atoms with Crippen LogP contribution in [0, 0.1) is 5.82 Å². The number of amides is 2. The average molecular weight is 443 g/mol. The summed E-state index contributed by atoms with van der Waals surface area (Å²) in [5.41, 5.74) is 2.33. The van der Waals surface area contributed by atoms with E-state index >= 15 is 0 Å². The van der Waals surface area contributed by atoms with Crippen molar-refractivity contribution in [3.05, 3.63) is 88.7 Å². The van der Waals surface area contributed by atoms with E-state index in [1.807, 2.05) is 12.1 Å². The maximum Gasteiger partial charge on any atom is 0.371 e. The van der Waals surface area contributed by atoms with Crippen molar-refractivity contribution in [3.63, 3.8) is 0 Å². The van der Waals surface area contributed by atoms with Crippen LogP contribution in [0.4, 0.5) is 20.6 Å². The minimum Gasteiger partial charge on any atom is -0.587 e. The smallest absolute Gasteiger partial charge is 0.371 e. The van der Waals surface area contributed by atoms with Crippen molar-refractivity contribution >= 4 is 40.4 Å². The molecule has 0 bridgehead atoms. The van der Waals surface area contributed by atoms with Crippen LogP contribution >= 0.6 is 11.6 Å². The van der Waals surface area contributed by atoms with Gasteiger partial charge in [0.05, 0.1) is 12.2 Å². The largest absolute Gasteiger partial charge is 0.587 e. The lowest BCUT2D eigenvalue weighted by Gasteiger charge is -2.36. The maximum absolute atomic E-state index is 14.4. The van der Waals surface area contributed by atoms with E-state index in [1.165, 1.54) is 21.3 Å². The second-order valence-electron chi connectivity index (χ2n) is 7.33. The van der Waals surface area contributed by atoms with E-state index in [9.17, 15) is 13.7 Å². The topological polar surface area (TPSA) is 46.6 Å². The summed E-state index contributed by atoms with van der Waals surface area (Å²) in [7, 11) is 0. The van der Waals surface area contributed by atoms with Crippen molar-refractivity contribution in [1.29, 1.82) is 0 Å². The molecule has 0 N–H and O–H groups in total. The molecular weight excluding hydrogens is 423 g/mol. The fourth-order valence-corrected chi connectivity index (χ4v) is 4.93. The molecule has 1 aliphatic rings. The number of anilines is 2. The van der Waals surface area contributed by atoms with Crippen LogP contribution in [0.5, 0.6) is 0 Å². The summed E-state index contributed by atoms with van der Waals surface area (Å²) in [5, 5.41) is 0.236. The van der Waals surface area contributed by atoms with Gasteiger partial charge in [-0.3, -0.25) is 4.90 Å². The third-order valence-electron chi connectivity index (χ3n) is 5.09. The first kappa shape index (κ1) is 20.7. The minimum absolute atomic E-state index is 0.0703. The molecule has 7 heteroatoms. The van der Waals surface area contributed by atoms with Gasteiger partial charge in [0.2, 0.25) is 4.90 Å². The maximum atomic E-state index is 14.4. The molecule has 0 radical (unpaired) electrons. The first-order valence-corrected chi connectivity index (χ1v) is 11.0. The molecule has 1 atom stereocenters. The highest BCUT2D eigenvalue weighted by Gasteiger charge is 2.43. The van der Waals surface area contributed by atoms with Gasteiger partial charge in [-0.15, -0.1) is 4.31 Å². The third kappa shape index (κ3) is 3.67. The lowest BCUT2D eigenvalue weighted by Crippen LogP contribution is -2.50. The Balaban J connectivity index is 1.78. The molecule has 3 aromatic rings. The summed E-state index contributed by atoms with van der Waals surface area (Å²) < 4.78 is 28.9. The Hall–Kier alpha value is -2.54. The summed E-state index contributed by atoms with van der Waals surface area (Å²) in [6, 6.07) is 18.3. The zero-order valence-corrected chi connectivity index (χ0v) is 18.1. The molecule has 30 heavy (non-hydrogen) atoms. The second kappa shape index (κ2) is 8.30. The van der Waals surface area contributed by atoms with E-state index in [1.54, 1.807) is 42.5 Å². The summed E-state index contributed by atoms with van der Waals surface area (Å²) >= 11 is 4.48. The van der Waals surface area contributed by atoms with Crippen molar-refractivity contribution in [2.45, 2.75) is 31.2 Å². The Morgan fingerprint density at radius 1 is 1.03 bits per heavy atom. The van der Waals surface area contributed by atoms with Crippen molar-refractivity contribution < 1.29 is 13.7 Å². The predicted octanol–water partition coefficient (Wildman–Crippen LogP) is 6.27. The number of nitrogens with zero attached hydrogens (tertiary/aromatic N) is 2. The number of benzene rings is 3. The van der Waals surface area contributed by atoms with Crippen LogP contribution in [-0.4, -0.2) is 10.6 Å². The molecule has 3 aromatic carbocycles. The average Bonchev–Trinajstić information content (AvgIpc) is 2.73. The highest BCUT2D eigenvalue weighted by Crippen LogP contribution is 2.38. The number of rotatable bonds is 4. The van der Waals surface area contributed by atoms with Crippen LogP contribution < -0.4 is 9.21 Å². The Morgan fingerprint density at radius 2 is 1.73 bits per heavy atom. The van der Waals surface area contributed by atoms with Crippen LogP contribution in [0.2, 0.25) is 5.02 Å². The van der Waals surface area contributed by atoms with E-state index in [0.717, 1.165) is 5.56 Å². The molecule has 0 fully saturated rings. The Kier molecular flexibility index (Phi) is 5.73. The van der Waals surface area contributed by atoms with Crippen molar-refractivity contribution in [3.8, 4) is 0 Å². The number of fused-ring (bicyclic) bond motifs is 1. The van der Waals surface area contributed by atoms with Gasteiger partial charge in [0.25, 0.3) is 0 Å². The highest BCUT2D eigenvalue weighted by atomic mass is 35.5. The number of carbonyl (C=O) groups is 1. The van der Waals surface area contributed by atoms with Gasteiger partial charge in [-0.25, -0.2) is 9.18 Å². The molecule has 1 unspecified atom stereocenters. The summed E-state index contributed by atoms with van der Waals surface area (Å²) in [4.78, 5) is 15.3. The van der Waals surface area contributed by atoms with E-state index in [0.29, 0.717) is 22.2 Å². The molecule has 154 valence electrons. The van der Waals surface area contributed by atoms with Gasteiger partial charge < -0.3 is 4.55 Å². The first-order valence-electron chi connectivity index (χ1n) is 9.54. The van der Waals surface area contributed by atoms with E-state index in [-0.39, 0.29) is 17.1 Å². The van der Waals surface area contributed by atoms with Crippen LogP contribution in [0.15, 0.2) is 71.6 Å². The summed E-state index contributed by atoms with van der Waals surface area (Å²) in [5.74, 6) is -0.158. The minimum atomic E-state index is -1.73. The van der Waals surface area contributed by atoms with E-state index < -0.39 is 23.2 Å². The molecule has 1 aliphatic heterocycles. The number of urea groups is 1. The highest BCUT2D eigenvalue weighted by molar-refractivity contribution is 7.94. The quantitative estimate of drug-likeness (QED) is 0.447. The van der Waals surface area contributed by atoms with Gasteiger partial charge in [-0.1, -0.05) is 55.8 Å². The normalized spacial score (nSPS) is 16.2. The van der Waals surface area contributed by atoms with Crippen LogP contribution in [0.1, 0.15) is 30.9 Å². The van der Waals surface area contributed by atoms with Gasteiger partial charge in [0.1, 0.15) is 22.9 Å². The molecule has 4 nitrogen and oxygen atoms in total. The van der Waals surface area contributed by atoms with Crippen molar-refractivity contribution in [2.24, 2.45) is 0 Å². The molecule has 0 aromatic heterocycles. The summed E-state index contributed by atoms with van der Waals surface area (Å²) in [6.07, 6.45) is 0. The Labute approximate surface area is 183 Å². The van der Waals surface area contributed by atoms with Gasteiger partial charge in [-0.05, 0) is 47.9 Å². The van der Waals surface area contributed by atoms with E-state index in [4.69, 9.17) is 11.6 Å². The lowest BCUT2D eigenvalue weighted by molar-refractivity contribution is 0.253. The number of para-hydroxylation sites is 1. The van der Waals surface area contributed by atoms with Gasteiger partial charge >= 0.3 is 6.03 Å². The zero-order valence-electron chi connectivity index (χ0n) is 16.5. The molecule has 4 rings (SSSR count). The second-order valence-corrected chi connectivity index (χ2v) is 9.04. The van der Waals surface area contributed by atoms with E-state index in [2.05, 4.69) is 13.8 Å². The number of carbonyl (C=O) groups excluding carboxylic acids is 1. The molecular formula is C23H20ClFN2O2S. The SMILES string of the molecule is CC(C)c1ccc(N2C(=O)N(Cc3c(F)cccc3Cl)c3ccccc3[S+]2[O-])cc1. The molecule has 0 aliphatic carbocycles. The van der Waals surface area contributed by atoms with Crippen LogP contribution in [0.25, 0.3) is 0 Å². The fraction of sp³-hybridized carbons (Fsp3) is 0.174. The standard InChI is InChI=1S/C23H20ClFN2O2S/c1-15(2)16-10-12-17(13-11-16)27-23(28)26(14-18-19(24)6-5-7-20(18)25)21-8-3-4-9-22(21)30(27)29/h3-13,15H,14H2,1-2H3. The van der Waals surface area contributed by atoms with Crippen molar-refractivity contribution in [2.75, 3.05) is 9.21 Å². The summed E-state index contributed by atoms with van der Waals surface area (Å²) in [6.45, 7) is 4.09. The Bertz CT molecular complexity index is 1070. The number of hydrogen-bond acceptors (Lipinski definition) is 2. The van der Waals surface area contributed by atoms with Crippen LogP contribution in [-0.2, 0) is 17.9 Å². The van der Waals surface area contributed by atoms with Gasteiger partial charge in [-0.2, -0.15) is 0 Å². The predicted molar refractivity (Wildman–Crippen MR) is 119 cm³/mol. The molecule has 2 amide bonds. The number of hydrogen-bond donors (Lipinski definition) is 0. The van der Waals surface area contributed by atoms with Gasteiger partial charge in [0.15, 0.2) is 0 Å². The zero-order chi connectivity index (χ0) is 21.4. The van der Waals surface area contributed by atoms with Crippen LogP contribution in [0.3, 0.4) is 0 Å². The van der Waals surface area contributed by atoms with Gasteiger partial charge in [0, 0.05) is 10.6 Å². The lowest BCUT2D eigenvalue weighted by atomic mass is 10.0.